The molecule has 0 saturated heterocycles. The molecule has 0 atom stereocenters. The molecule has 0 fully saturated rings. The minimum Gasteiger partial charge on any atom is -0.457 e. The van der Waals surface area contributed by atoms with Crippen LogP contribution in [-0.4, -0.2) is 12.5 Å². The molecule has 5 heteroatoms. The molecule has 18 heavy (non-hydrogen) atoms. The van der Waals surface area contributed by atoms with Crippen LogP contribution in [0.3, 0.4) is 0 Å². The van der Waals surface area contributed by atoms with E-state index in [9.17, 15) is 4.79 Å². The number of fused-ring (bicyclic) bond motifs is 1. The first-order chi connectivity index (χ1) is 8.66. The molecule has 1 amide bonds. The second kappa shape index (κ2) is 4.17. The fraction of sp³-hybridized carbons (Fsp3) is 0.154. The lowest BCUT2D eigenvalue weighted by molar-refractivity contribution is 0.0987. The number of halogens is 1. The van der Waals surface area contributed by atoms with Crippen LogP contribution in [0.25, 0.3) is 0 Å². The third-order valence-electron chi connectivity index (χ3n) is 3.09. The summed E-state index contributed by atoms with van der Waals surface area (Å²) >= 11 is 3.23. The van der Waals surface area contributed by atoms with Crippen molar-refractivity contribution in [1.82, 2.24) is 0 Å². The molecule has 0 bridgehead atoms. The van der Waals surface area contributed by atoms with Gasteiger partial charge in [-0.3, -0.25) is 4.79 Å². The summed E-state index contributed by atoms with van der Waals surface area (Å²) in [6.07, 6.45) is 2.33. The van der Waals surface area contributed by atoms with Crippen LogP contribution in [-0.2, 0) is 6.42 Å². The van der Waals surface area contributed by atoms with Gasteiger partial charge in [0.1, 0.15) is 0 Å². The molecule has 0 aliphatic carbocycles. The average Bonchev–Trinajstić information content (AvgIpc) is 2.94. The minimum atomic E-state index is -0.0563. The lowest BCUT2D eigenvalue weighted by atomic mass is 10.1. The summed E-state index contributed by atoms with van der Waals surface area (Å²) in [5.41, 5.74) is 9.06. The van der Waals surface area contributed by atoms with E-state index in [1.165, 1.54) is 6.26 Å². The predicted octanol–water partition coefficient (Wildman–Crippen LogP) is 2.83. The maximum Gasteiger partial charge on any atom is 0.262 e. The van der Waals surface area contributed by atoms with E-state index in [-0.39, 0.29) is 5.91 Å². The van der Waals surface area contributed by atoms with Crippen molar-refractivity contribution in [3.8, 4) is 0 Å². The Morgan fingerprint density at radius 2 is 2.22 bits per heavy atom. The predicted molar refractivity (Wildman–Crippen MR) is 72.6 cm³/mol. The van der Waals surface area contributed by atoms with Gasteiger partial charge < -0.3 is 15.1 Å². The Balaban J connectivity index is 1.98. The minimum absolute atomic E-state index is 0.0563. The highest BCUT2D eigenvalue weighted by molar-refractivity contribution is 9.10. The van der Waals surface area contributed by atoms with Crippen molar-refractivity contribution in [3.05, 3.63) is 46.3 Å². The number of furan rings is 1. The Bertz CT molecular complexity index is 621. The number of amides is 1. The van der Waals surface area contributed by atoms with E-state index in [1.54, 1.807) is 11.0 Å². The summed E-state index contributed by atoms with van der Waals surface area (Å²) in [6, 6.07) is 7.30. The average molecular weight is 307 g/mol. The molecule has 1 aromatic heterocycles. The van der Waals surface area contributed by atoms with E-state index >= 15 is 0 Å². The monoisotopic (exact) mass is 306 g/mol. The van der Waals surface area contributed by atoms with Crippen LogP contribution in [0.2, 0.25) is 0 Å². The van der Waals surface area contributed by atoms with Crippen LogP contribution in [0, 0.1) is 0 Å². The maximum atomic E-state index is 12.4. The largest absolute Gasteiger partial charge is 0.457 e. The van der Waals surface area contributed by atoms with E-state index in [0.717, 1.165) is 23.4 Å². The molecule has 92 valence electrons. The van der Waals surface area contributed by atoms with Crippen LogP contribution in [0.4, 0.5) is 11.4 Å². The molecule has 0 spiro atoms. The van der Waals surface area contributed by atoms with Gasteiger partial charge in [-0.2, -0.15) is 0 Å². The molecule has 1 aliphatic heterocycles. The summed E-state index contributed by atoms with van der Waals surface area (Å²) in [4.78, 5) is 14.1. The third-order valence-corrected chi connectivity index (χ3v) is 3.71. The first-order valence-corrected chi connectivity index (χ1v) is 6.39. The molecule has 1 aromatic carbocycles. The van der Waals surface area contributed by atoms with Gasteiger partial charge in [-0.05, 0) is 52.2 Å². The van der Waals surface area contributed by atoms with E-state index in [0.29, 0.717) is 16.8 Å². The molecule has 0 radical (unpaired) electrons. The van der Waals surface area contributed by atoms with Gasteiger partial charge in [0.05, 0.1) is 11.8 Å². The quantitative estimate of drug-likeness (QED) is 0.824. The first-order valence-electron chi connectivity index (χ1n) is 5.60. The van der Waals surface area contributed by atoms with Gasteiger partial charge in [0.15, 0.2) is 4.67 Å². The number of nitrogens with zero attached hydrogens (tertiary/aromatic N) is 1. The van der Waals surface area contributed by atoms with Crippen molar-refractivity contribution < 1.29 is 9.21 Å². The molecular weight excluding hydrogens is 296 g/mol. The normalized spacial score (nSPS) is 13.7. The SMILES string of the molecule is Nc1ccc2c(c1)CCN2C(=O)c1ccoc1Br. The van der Waals surface area contributed by atoms with Gasteiger partial charge in [0.25, 0.3) is 5.91 Å². The van der Waals surface area contributed by atoms with E-state index in [2.05, 4.69) is 15.9 Å². The van der Waals surface area contributed by atoms with Crippen molar-refractivity contribution in [1.29, 1.82) is 0 Å². The van der Waals surface area contributed by atoms with Crippen LogP contribution in [0.15, 0.2) is 39.6 Å². The van der Waals surface area contributed by atoms with Crippen LogP contribution in [0.1, 0.15) is 15.9 Å². The summed E-state index contributed by atoms with van der Waals surface area (Å²) in [7, 11) is 0. The summed E-state index contributed by atoms with van der Waals surface area (Å²) in [5, 5.41) is 0. The highest BCUT2D eigenvalue weighted by Gasteiger charge is 2.27. The molecule has 4 nitrogen and oxygen atoms in total. The number of rotatable bonds is 1. The van der Waals surface area contributed by atoms with Crippen LogP contribution in [0.5, 0.6) is 0 Å². The van der Waals surface area contributed by atoms with E-state index in [1.807, 2.05) is 18.2 Å². The highest BCUT2D eigenvalue weighted by Crippen LogP contribution is 2.32. The Morgan fingerprint density at radius 1 is 1.39 bits per heavy atom. The second-order valence-electron chi connectivity index (χ2n) is 4.20. The number of carbonyl (C=O) groups is 1. The second-order valence-corrected chi connectivity index (χ2v) is 4.92. The van der Waals surface area contributed by atoms with Gasteiger partial charge >= 0.3 is 0 Å². The fourth-order valence-electron chi connectivity index (χ4n) is 2.22. The molecule has 0 saturated carbocycles. The number of anilines is 2. The van der Waals surface area contributed by atoms with Crippen molar-refractivity contribution in [2.24, 2.45) is 0 Å². The molecular formula is C13H11BrN2O2. The van der Waals surface area contributed by atoms with Crippen molar-refractivity contribution >= 4 is 33.2 Å². The Labute approximate surface area is 113 Å². The smallest absolute Gasteiger partial charge is 0.262 e. The van der Waals surface area contributed by atoms with Gasteiger partial charge in [-0.1, -0.05) is 0 Å². The molecule has 0 unspecified atom stereocenters. The number of hydrogen-bond donors (Lipinski definition) is 1. The maximum absolute atomic E-state index is 12.4. The highest BCUT2D eigenvalue weighted by atomic mass is 79.9. The van der Waals surface area contributed by atoms with Crippen LogP contribution < -0.4 is 10.6 Å². The zero-order valence-electron chi connectivity index (χ0n) is 9.52. The molecule has 1 aliphatic rings. The Morgan fingerprint density at radius 3 is 2.94 bits per heavy atom. The number of hydrogen-bond acceptors (Lipinski definition) is 3. The lowest BCUT2D eigenvalue weighted by Gasteiger charge is -2.16. The van der Waals surface area contributed by atoms with Crippen molar-refractivity contribution in [2.45, 2.75) is 6.42 Å². The third kappa shape index (κ3) is 1.71. The number of nitrogen functional groups attached to an aromatic ring is 1. The Hall–Kier alpha value is -1.75. The van der Waals surface area contributed by atoms with E-state index < -0.39 is 0 Å². The number of benzene rings is 1. The lowest BCUT2D eigenvalue weighted by Crippen LogP contribution is -2.28. The van der Waals surface area contributed by atoms with E-state index in [4.69, 9.17) is 10.2 Å². The summed E-state index contributed by atoms with van der Waals surface area (Å²) in [5.74, 6) is -0.0563. The Kier molecular flexibility index (Phi) is 2.63. The summed E-state index contributed by atoms with van der Waals surface area (Å²) < 4.78 is 5.57. The topological polar surface area (TPSA) is 59.5 Å². The van der Waals surface area contributed by atoms with Gasteiger partial charge in [0, 0.05) is 17.9 Å². The molecule has 2 N–H and O–H groups in total. The number of carbonyl (C=O) groups excluding carboxylic acids is 1. The number of nitrogens with two attached hydrogens (primary N) is 1. The van der Waals surface area contributed by atoms with Gasteiger partial charge in [-0.25, -0.2) is 0 Å². The van der Waals surface area contributed by atoms with Crippen molar-refractivity contribution in [2.75, 3.05) is 17.2 Å². The van der Waals surface area contributed by atoms with Crippen LogP contribution >= 0.6 is 15.9 Å². The zero-order chi connectivity index (χ0) is 12.7. The standard InChI is InChI=1S/C13H11BrN2O2/c14-12-10(4-6-18-12)13(17)16-5-3-8-7-9(15)1-2-11(8)16/h1-2,4,6-7H,3,5,15H2. The molecule has 2 aromatic rings. The first kappa shape index (κ1) is 11.3. The molecule has 3 rings (SSSR count). The molecule has 2 heterocycles. The van der Waals surface area contributed by atoms with Crippen molar-refractivity contribution in [3.63, 3.8) is 0 Å². The zero-order valence-corrected chi connectivity index (χ0v) is 11.1. The van der Waals surface area contributed by atoms with Gasteiger partial charge in [-0.15, -0.1) is 0 Å². The summed E-state index contributed by atoms with van der Waals surface area (Å²) in [6.45, 7) is 0.676. The fourth-order valence-corrected chi connectivity index (χ4v) is 2.63. The van der Waals surface area contributed by atoms with Gasteiger partial charge in [0.2, 0.25) is 0 Å².